The predicted molar refractivity (Wildman–Crippen MR) is 103 cm³/mol. The molecular formula is C22H15ClN2. The normalized spacial score (nSPS) is 10.6. The van der Waals surface area contributed by atoms with E-state index in [-0.39, 0.29) is 5.28 Å². The van der Waals surface area contributed by atoms with E-state index in [0.29, 0.717) is 0 Å². The van der Waals surface area contributed by atoms with Gasteiger partial charge in [0.2, 0.25) is 5.28 Å². The second-order valence-electron chi connectivity index (χ2n) is 5.74. The van der Waals surface area contributed by atoms with Gasteiger partial charge < -0.3 is 0 Å². The average molecular weight is 343 g/mol. The van der Waals surface area contributed by atoms with Gasteiger partial charge in [-0.3, -0.25) is 0 Å². The Morgan fingerprint density at radius 3 is 1.60 bits per heavy atom. The Kier molecular flexibility index (Phi) is 4.28. The lowest BCUT2D eigenvalue weighted by atomic mass is 9.95. The number of aromatic nitrogens is 2. The maximum atomic E-state index is 5.99. The fourth-order valence-electron chi connectivity index (χ4n) is 2.87. The molecule has 0 saturated carbocycles. The monoisotopic (exact) mass is 342 g/mol. The number of hydrogen-bond acceptors (Lipinski definition) is 2. The van der Waals surface area contributed by atoms with Crippen LogP contribution in [0.25, 0.3) is 33.5 Å². The van der Waals surface area contributed by atoms with Crippen molar-refractivity contribution in [1.82, 2.24) is 9.97 Å². The minimum atomic E-state index is 0.254. The fraction of sp³-hybridized carbons (Fsp3) is 0. The zero-order chi connectivity index (χ0) is 17.1. The van der Waals surface area contributed by atoms with Crippen LogP contribution in [0.3, 0.4) is 0 Å². The SMILES string of the molecule is Clc1nccc(-c2cc(-c3ccccc3)cc(-c3ccccc3)c2)n1. The standard InChI is InChI=1S/C22H15ClN2/c23-22-24-12-11-21(25-22)20-14-18(16-7-3-1-4-8-16)13-19(15-20)17-9-5-2-6-10-17/h1-15H. The molecule has 2 nitrogen and oxygen atoms in total. The first-order chi connectivity index (χ1) is 12.3. The van der Waals surface area contributed by atoms with Gasteiger partial charge in [0.05, 0.1) is 5.69 Å². The minimum Gasteiger partial charge on any atom is -0.226 e. The first kappa shape index (κ1) is 15.6. The van der Waals surface area contributed by atoms with Crippen molar-refractivity contribution in [3.05, 3.63) is 96.4 Å². The molecular weight excluding hydrogens is 328 g/mol. The van der Waals surface area contributed by atoms with Crippen molar-refractivity contribution < 1.29 is 0 Å². The number of benzene rings is 3. The number of hydrogen-bond donors (Lipinski definition) is 0. The Labute approximate surface area is 151 Å². The van der Waals surface area contributed by atoms with Crippen molar-refractivity contribution in [2.75, 3.05) is 0 Å². The summed E-state index contributed by atoms with van der Waals surface area (Å²) in [6.45, 7) is 0. The molecule has 0 atom stereocenters. The molecule has 120 valence electrons. The Morgan fingerprint density at radius 2 is 1.08 bits per heavy atom. The van der Waals surface area contributed by atoms with Crippen LogP contribution in [0.4, 0.5) is 0 Å². The van der Waals surface area contributed by atoms with Crippen LogP contribution in [0, 0.1) is 0 Å². The van der Waals surface area contributed by atoms with Crippen molar-refractivity contribution >= 4 is 11.6 Å². The maximum absolute atomic E-state index is 5.99. The van der Waals surface area contributed by atoms with E-state index in [1.165, 1.54) is 11.1 Å². The molecule has 25 heavy (non-hydrogen) atoms. The molecule has 0 bridgehead atoms. The van der Waals surface area contributed by atoms with Crippen LogP contribution < -0.4 is 0 Å². The van der Waals surface area contributed by atoms with Crippen LogP contribution in [-0.4, -0.2) is 9.97 Å². The summed E-state index contributed by atoms with van der Waals surface area (Å²) in [4.78, 5) is 8.35. The van der Waals surface area contributed by atoms with Gasteiger partial charge in [-0.1, -0.05) is 60.7 Å². The summed E-state index contributed by atoms with van der Waals surface area (Å²) in [5, 5.41) is 0.254. The summed E-state index contributed by atoms with van der Waals surface area (Å²) in [5.41, 5.74) is 6.46. The third-order valence-corrected chi connectivity index (χ3v) is 4.25. The van der Waals surface area contributed by atoms with Crippen molar-refractivity contribution in [3.63, 3.8) is 0 Å². The van der Waals surface area contributed by atoms with Crippen molar-refractivity contribution in [1.29, 1.82) is 0 Å². The van der Waals surface area contributed by atoms with Gasteiger partial charge in [0.1, 0.15) is 0 Å². The molecule has 0 radical (unpaired) electrons. The summed E-state index contributed by atoms with van der Waals surface area (Å²) < 4.78 is 0. The molecule has 3 aromatic carbocycles. The van der Waals surface area contributed by atoms with Gasteiger partial charge in [-0.15, -0.1) is 0 Å². The molecule has 0 aliphatic carbocycles. The van der Waals surface area contributed by atoms with Crippen LogP contribution in [0.15, 0.2) is 91.1 Å². The van der Waals surface area contributed by atoms with Crippen LogP contribution in [0.2, 0.25) is 5.28 Å². The van der Waals surface area contributed by atoms with Crippen molar-refractivity contribution in [3.8, 4) is 33.5 Å². The van der Waals surface area contributed by atoms with E-state index in [4.69, 9.17) is 11.6 Å². The molecule has 4 aromatic rings. The zero-order valence-electron chi connectivity index (χ0n) is 13.4. The van der Waals surface area contributed by atoms with Crippen molar-refractivity contribution in [2.45, 2.75) is 0 Å². The summed E-state index contributed by atoms with van der Waals surface area (Å²) in [7, 11) is 0. The highest BCUT2D eigenvalue weighted by molar-refractivity contribution is 6.28. The van der Waals surface area contributed by atoms with Crippen LogP contribution in [0.1, 0.15) is 0 Å². The van der Waals surface area contributed by atoms with Gasteiger partial charge in [0.15, 0.2) is 0 Å². The highest BCUT2D eigenvalue weighted by atomic mass is 35.5. The third-order valence-electron chi connectivity index (χ3n) is 4.07. The second-order valence-corrected chi connectivity index (χ2v) is 6.08. The predicted octanol–water partition coefficient (Wildman–Crippen LogP) is 6.13. The molecule has 0 aliphatic heterocycles. The topological polar surface area (TPSA) is 25.8 Å². The van der Waals surface area contributed by atoms with Crippen LogP contribution >= 0.6 is 11.6 Å². The quantitative estimate of drug-likeness (QED) is 0.418. The summed E-state index contributed by atoms with van der Waals surface area (Å²) in [5.74, 6) is 0. The Hall–Kier alpha value is -2.97. The smallest absolute Gasteiger partial charge is 0.222 e. The molecule has 1 heterocycles. The summed E-state index contributed by atoms with van der Waals surface area (Å²) in [6.07, 6.45) is 1.68. The number of nitrogens with zero attached hydrogens (tertiary/aromatic N) is 2. The number of halogens is 1. The molecule has 0 spiro atoms. The van der Waals surface area contributed by atoms with Gasteiger partial charge in [0, 0.05) is 11.8 Å². The highest BCUT2D eigenvalue weighted by Gasteiger charge is 2.08. The summed E-state index contributed by atoms with van der Waals surface area (Å²) >= 11 is 5.99. The van der Waals surface area contributed by atoms with E-state index < -0.39 is 0 Å². The number of rotatable bonds is 3. The molecule has 3 heteroatoms. The van der Waals surface area contributed by atoms with Crippen molar-refractivity contribution in [2.24, 2.45) is 0 Å². The molecule has 0 unspecified atom stereocenters. The minimum absolute atomic E-state index is 0.254. The van der Waals surface area contributed by atoms with Gasteiger partial charge in [0.25, 0.3) is 0 Å². The molecule has 0 fully saturated rings. The van der Waals surface area contributed by atoms with Crippen LogP contribution in [0.5, 0.6) is 0 Å². The first-order valence-electron chi connectivity index (χ1n) is 8.04. The van der Waals surface area contributed by atoms with Gasteiger partial charge in [-0.25, -0.2) is 9.97 Å². The van der Waals surface area contributed by atoms with E-state index in [1.807, 2.05) is 42.5 Å². The van der Waals surface area contributed by atoms with Crippen LogP contribution in [-0.2, 0) is 0 Å². The molecule has 0 amide bonds. The van der Waals surface area contributed by atoms with E-state index in [1.54, 1.807) is 6.20 Å². The molecule has 0 aliphatic rings. The largest absolute Gasteiger partial charge is 0.226 e. The van der Waals surface area contributed by atoms with Gasteiger partial charge in [-0.05, 0) is 58.1 Å². The molecule has 0 saturated heterocycles. The maximum Gasteiger partial charge on any atom is 0.222 e. The summed E-state index contributed by atoms with van der Waals surface area (Å²) in [6, 6.07) is 29.0. The van der Waals surface area contributed by atoms with E-state index in [2.05, 4.69) is 52.4 Å². The van der Waals surface area contributed by atoms with Gasteiger partial charge in [-0.2, -0.15) is 0 Å². The van der Waals surface area contributed by atoms with E-state index in [9.17, 15) is 0 Å². The zero-order valence-corrected chi connectivity index (χ0v) is 14.2. The Balaban J connectivity index is 1.92. The Bertz CT molecular complexity index is 941. The molecule has 1 aromatic heterocycles. The second kappa shape index (κ2) is 6.88. The van der Waals surface area contributed by atoms with E-state index in [0.717, 1.165) is 22.4 Å². The average Bonchev–Trinajstić information content (AvgIpc) is 2.69. The molecule has 0 N–H and O–H groups in total. The lowest BCUT2D eigenvalue weighted by molar-refractivity contribution is 1.17. The fourth-order valence-corrected chi connectivity index (χ4v) is 3.01. The molecule has 4 rings (SSSR count). The van der Waals surface area contributed by atoms with E-state index >= 15 is 0 Å². The van der Waals surface area contributed by atoms with Gasteiger partial charge >= 0.3 is 0 Å². The first-order valence-corrected chi connectivity index (χ1v) is 8.42. The third kappa shape index (κ3) is 3.44. The lowest BCUT2D eigenvalue weighted by Crippen LogP contribution is -1.89. The lowest BCUT2D eigenvalue weighted by Gasteiger charge is -2.10. The highest BCUT2D eigenvalue weighted by Crippen LogP contribution is 2.32. The Morgan fingerprint density at radius 1 is 0.560 bits per heavy atom.